The third-order valence-corrected chi connectivity index (χ3v) is 5.63. The largest absolute Gasteiger partial charge is 0.265 e. The molecular formula is C20H14Cl2N6. The van der Waals surface area contributed by atoms with Gasteiger partial charge in [0, 0.05) is 5.56 Å². The van der Waals surface area contributed by atoms with Crippen molar-refractivity contribution in [2.75, 3.05) is 0 Å². The monoisotopic (exact) mass is 408 g/mol. The summed E-state index contributed by atoms with van der Waals surface area (Å²) in [7, 11) is 0. The third-order valence-electron chi connectivity index (χ3n) is 4.89. The van der Waals surface area contributed by atoms with E-state index in [4.69, 9.17) is 23.2 Å². The summed E-state index contributed by atoms with van der Waals surface area (Å²) in [6, 6.07) is 11.6. The predicted octanol–water partition coefficient (Wildman–Crippen LogP) is 5.05. The van der Waals surface area contributed by atoms with Crippen molar-refractivity contribution in [3.05, 3.63) is 70.1 Å². The van der Waals surface area contributed by atoms with Gasteiger partial charge in [-0.3, -0.25) is 4.40 Å². The zero-order valence-corrected chi connectivity index (χ0v) is 16.6. The summed E-state index contributed by atoms with van der Waals surface area (Å²) in [4.78, 5) is 4.62. The van der Waals surface area contributed by atoms with Gasteiger partial charge in [0.15, 0.2) is 17.1 Å². The molecule has 0 fully saturated rings. The van der Waals surface area contributed by atoms with Gasteiger partial charge in [0.1, 0.15) is 6.33 Å². The Bertz CT molecular complexity index is 1260. The van der Waals surface area contributed by atoms with Gasteiger partial charge in [-0.15, -0.1) is 10.2 Å². The fourth-order valence-electron chi connectivity index (χ4n) is 3.20. The van der Waals surface area contributed by atoms with E-state index < -0.39 is 0 Å². The van der Waals surface area contributed by atoms with Crippen molar-refractivity contribution in [1.82, 2.24) is 29.4 Å². The molecule has 0 N–H and O–H groups in total. The fraction of sp³-hybridized carbons (Fsp3) is 0.100. The molecule has 0 amide bonds. The van der Waals surface area contributed by atoms with Gasteiger partial charge in [-0.1, -0.05) is 29.3 Å². The second-order valence-electron chi connectivity index (χ2n) is 6.65. The maximum atomic E-state index is 6.15. The Kier molecular flexibility index (Phi) is 3.86. The quantitative estimate of drug-likeness (QED) is 0.409. The van der Waals surface area contributed by atoms with Crippen molar-refractivity contribution in [1.29, 1.82) is 0 Å². The molecule has 0 unspecified atom stereocenters. The molecule has 5 aromatic rings. The topological polar surface area (TPSA) is 60.9 Å². The van der Waals surface area contributed by atoms with Gasteiger partial charge in [-0.25, -0.2) is 9.67 Å². The van der Waals surface area contributed by atoms with Crippen molar-refractivity contribution >= 4 is 39.9 Å². The van der Waals surface area contributed by atoms with Crippen LogP contribution < -0.4 is 0 Å². The Morgan fingerprint density at radius 3 is 2.50 bits per heavy atom. The minimum Gasteiger partial charge on any atom is -0.265 e. The molecule has 0 aliphatic rings. The van der Waals surface area contributed by atoms with Gasteiger partial charge in [0.05, 0.1) is 27.3 Å². The first-order valence-corrected chi connectivity index (χ1v) is 9.39. The second kappa shape index (κ2) is 6.29. The summed E-state index contributed by atoms with van der Waals surface area (Å²) >= 11 is 12.2. The number of benzene rings is 2. The highest BCUT2D eigenvalue weighted by molar-refractivity contribution is 6.42. The van der Waals surface area contributed by atoms with Crippen molar-refractivity contribution in [3.63, 3.8) is 0 Å². The lowest BCUT2D eigenvalue weighted by molar-refractivity contribution is 0.891. The molecule has 0 aliphatic heterocycles. The van der Waals surface area contributed by atoms with Crippen molar-refractivity contribution in [2.24, 2.45) is 0 Å². The molecule has 28 heavy (non-hydrogen) atoms. The number of fused-ring (bicyclic) bond motifs is 3. The zero-order valence-electron chi connectivity index (χ0n) is 15.1. The maximum Gasteiger partial charge on any atom is 0.175 e. The highest BCUT2D eigenvalue weighted by Crippen LogP contribution is 2.29. The normalized spacial score (nSPS) is 11.6. The molecule has 2 aromatic carbocycles. The number of hydrogen-bond acceptors (Lipinski definition) is 4. The Hall–Kier alpha value is -2.96. The molecule has 0 saturated carbocycles. The summed E-state index contributed by atoms with van der Waals surface area (Å²) in [6.45, 7) is 4.17. The van der Waals surface area contributed by atoms with E-state index in [0.29, 0.717) is 21.5 Å². The lowest BCUT2D eigenvalue weighted by Gasteiger charge is -2.06. The van der Waals surface area contributed by atoms with Crippen LogP contribution in [0.15, 0.2) is 48.9 Å². The summed E-state index contributed by atoms with van der Waals surface area (Å²) in [5, 5.41) is 15.0. The molecule has 0 spiro atoms. The van der Waals surface area contributed by atoms with Crippen molar-refractivity contribution < 1.29 is 0 Å². The third kappa shape index (κ3) is 2.57. The first kappa shape index (κ1) is 17.2. The molecule has 6 nitrogen and oxygen atoms in total. The van der Waals surface area contributed by atoms with Crippen LogP contribution in [-0.4, -0.2) is 29.4 Å². The van der Waals surface area contributed by atoms with E-state index in [1.54, 1.807) is 24.7 Å². The molecule has 5 rings (SSSR count). The van der Waals surface area contributed by atoms with E-state index in [2.05, 4.69) is 46.3 Å². The molecule has 0 radical (unpaired) electrons. The van der Waals surface area contributed by atoms with Gasteiger partial charge in [-0.2, -0.15) is 5.10 Å². The van der Waals surface area contributed by atoms with E-state index in [1.165, 1.54) is 11.1 Å². The van der Waals surface area contributed by atoms with E-state index in [-0.39, 0.29) is 0 Å². The highest BCUT2D eigenvalue weighted by atomic mass is 35.5. The van der Waals surface area contributed by atoms with Crippen LogP contribution in [0.3, 0.4) is 0 Å². The fourth-order valence-corrected chi connectivity index (χ4v) is 3.50. The van der Waals surface area contributed by atoms with Crippen molar-refractivity contribution in [3.8, 4) is 17.1 Å². The number of hydrogen-bond donors (Lipinski definition) is 0. The number of nitrogens with zero attached hydrogens (tertiary/aromatic N) is 6. The van der Waals surface area contributed by atoms with E-state index >= 15 is 0 Å². The maximum absolute atomic E-state index is 6.15. The molecular weight excluding hydrogens is 395 g/mol. The molecule has 0 aliphatic carbocycles. The molecule has 0 bridgehead atoms. The van der Waals surface area contributed by atoms with Crippen LogP contribution in [0.1, 0.15) is 11.1 Å². The minimum absolute atomic E-state index is 0.465. The zero-order chi connectivity index (χ0) is 19.4. The van der Waals surface area contributed by atoms with Crippen molar-refractivity contribution in [2.45, 2.75) is 13.8 Å². The van der Waals surface area contributed by atoms with Gasteiger partial charge in [0.25, 0.3) is 0 Å². The van der Waals surface area contributed by atoms with E-state index in [1.807, 2.05) is 21.2 Å². The molecule has 0 atom stereocenters. The summed E-state index contributed by atoms with van der Waals surface area (Å²) < 4.78 is 3.64. The van der Waals surface area contributed by atoms with Crippen LogP contribution in [0.25, 0.3) is 33.8 Å². The Morgan fingerprint density at radius 1 is 0.857 bits per heavy atom. The summed E-state index contributed by atoms with van der Waals surface area (Å²) in [5.41, 5.74) is 5.61. The van der Waals surface area contributed by atoms with Crippen LogP contribution in [0.4, 0.5) is 0 Å². The average Bonchev–Trinajstić information content (AvgIpc) is 3.30. The lowest BCUT2D eigenvalue weighted by Crippen LogP contribution is -2.00. The van der Waals surface area contributed by atoms with Gasteiger partial charge in [-0.05, 0) is 55.3 Å². The van der Waals surface area contributed by atoms with Crippen LogP contribution in [0.2, 0.25) is 10.0 Å². The van der Waals surface area contributed by atoms with Crippen LogP contribution in [-0.2, 0) is 0 Å². The SMILES string of the molecule is Cc1ccc(-n2ncc3c2ncn2c(-c4ccc(Cl)c(Cl)c4)nnc32)cc1C. The number of halogens is 2. The highest BCUT2D eigenvalue weighted by Gasteiger charge is 2.16. The molecule has 8 heteroatoms. The first-order valence-electron chi connectivity index (χ1n) is 8.63. The number of rotatable bonds is 2. The number of aryl methyl sites for hydroxylation is 2. The van der Waals surface area contributed by atoms with Crippen LogP contribution in [0.5, 0.6) is 0 Å². The van der Waals surface area contributed by atoms with Crippen LogP contribution >= 0.6 is 23.2 Å². The predicted molar refractivity (Wildman–Crippen MR) is 110 cm³/mol. The second-order valence-corrected chi connectivity index (χ2v) is 7.47. The average molecular weight is 409 g/mol. The van der Waals surface area contributed by atoms with Gasteiger partial charge >= 0.3 is 0 Å². The summed E-state index contributed by atoms with van der Waals surface area (Å²) in [5.74, 6) is 0.641. The minimum atomic E-state index is 0.465. The van der Waals surface area contributed by atoms with Gasteiger partial charge in [0.2, 0.25) is 0 Å². The van der Waals surface area contributed by atoms with Gasteiger partial charge < -0.3 is 0 Å². The first-order chi connectivity index (χ1) is 13.5. The van der Waals surface area contributed by atoms with E-state index in [0.717, 1.165) is 22.3 Å². The lowest BCUT2D eigenvalue weighted by atomic mass is 10.1. The van der Waals surface area contributed by atoms with Crippen LogP contribution in [0, 0.1) is 13.8 Å². The Morgan fingerprint density at radius 2 is 1.71 bits per heavy atom. The summed E-state index contributed by atoms with van der Waals surface area (Å²) in [6.07, 6.45) is 3.47. The number of aromatic nitrogens is 6. The molecule has 0 saturated heterocycles. The Balaban J connectivity index is 1.69. The molecule has 3 heterocycles. The smallest absolute Gasteiger partial charge is 0.175 e. The standard InChI is InChI=1S/C20H14Cl2N6/c1-11-3-5-14(7-12(11)2)28-19-15(9-24-28)20-26-25-18(27(20)10-23-19)13-4-6-16(21)17(22)8-13/h3-10H,1-2H3. The van der Waals surface area contributed by atoms with E-state index in [9.17, 15) is 0 Å². The Labute approximate surface area is 170 Å². The molecule has 3 aromatic heterocycles. The molecule has 138 valence electrons.